The van der Waals surface area contributed by atoms with Crippen LogP contribution in [0.5, 0.6) is 0 Å². The number of hydrogen-bond acceptors (Lipinski definition) is 2. The summed E-state index contributed by atoms with van der Waals surface area (Å²) in [4.78, 5) is 15.4. The van der Waals surface area contributed by atoms with E-state index in [2.05, 4.69) is 10.1 Å². The van der Waals surface area contributed by atoms with Crippen LogP contribution in [-0.2, 0) is 0 Å². The molecule has 1 N–H and O–H groups in total. The highest BCUT2D eigenvalue weighted by atomic mass is 16.1. The highest BCUT2D eigenvalue weighted by molar-refractivity contribution is 5.37. The average Bonchev–Trinajstić information content (AvgIpc) is 2.87. The van der Waals surface area contributed by atoms with Crippen molar-refractivity contribution in [2.24, 2.45) is 0 Å². The van der Waals surface area contributed by atoms with E-state index < -0.39 is 0 Å². The zero-order chi connectivity index (χ0) is 8.84. The highest BCUT2D eigenvalue weighted by Crippen LogP contribution is 2.37. The first-order valence-corrected chi connectivity index (χ1v) is 4.41. The van der Waals surface area contributed by atoms with Crippen LogP contribution in [0.25, 0.3) is 5.65 Å². The molecular formula is C9H9N3O. The first kappa shape index (κ1) is 6.88. The van der Waals surface area contributed by atoms with Crippen molar-refractivity contribution < 1.29 is 0 Å². The molecule has 1 aliphatic carbocycles. The van der Waals surface area contributed by atoms with E-state index in [1.807, 2.05) is 0 Å². The van der Waals surface area contributed by atoms with E-state index >= 15 is 0 Å². The van der Waals surface area contributed by atoms with Gasteiger partial charge < -0.3 is 0 Å². The second-order valence-corrected chi connectivity index (χ2v) is 3.47. The Balaban J connectivity index is 2.26. The van der Waals surface area contributed by atoms with Crippen LogP contribution in [0.1, 0.15) is 24.6 Å². The lowest BCUT2D eigenvalue weighted by atomic mass is 10.4. The van der Waals surface area contributed by atoms with Crippen molar-refractivity contribution in [3.8, 4) is 0 Å². The molecule has 2 aromatic rings. The van der Waals surface area contributed by atoms with Crippen molar-refractivity contribution in [3.05, 3.63) is 34.4 Å². The number of rotatable bonds is 1. The zero-order valence-electron chi connectivity index (χ0n) is 7.03. The van der Waals surface area contributed by atoms with Crippen LogP contribution in [0, 0.1) is 0 Å². The van der Waals surface area contributed by atoms with E-state index in [9.17, 15) is 4.79 Å². The normalized spacial score (nSPS) is 16.6. The number of hydrogen-bond donors (Lipinski definition) is 1. The van der Waals surface area contributed by atoms with Gasteiger partial charge in [-0.3, -0.25) is 9.89 Å². The molecule has 0 atom stereocenters. The number of nitrogens with zero attached hydrogens (tertiary/aromatic N) is 2. The molecule has 0 unspecified atom stereocenters. The summed E-state index contributed by atoms with van der Waals surface area (Å²) in [5, 5.41) is 3.15. The SMILES string of the molecule is O=c1ccn2[nH]c(C3CC3)nc2c1. The lowest BCUT2D eigenvalue weighted by Crippen LogP contribution is -1.98. The van der Waals surface area contributed by atoms with Crippen molar-refractivity contribution in [1.29, 1.82) is 0 Å². The van der Waals surface area contributed by atoms with Gasteiger partial charge in [-0.1, -0.05) is 0 Å². The molecule has 3 rings (SSSR count). The molecule has 0 amide bonds. The van der Waals surface area contributed by atoms with Crippen LogP contribution < -0.4 is 5.43 Å². The molecular weight excluding hydrogens is 166 g/mol. The second kappa shape index (κ2) is 2.22. The third-order valence-corrected chi connectivity index (χ3v) is 2.34. The van der Waals surface area contributed by atoms with E-state index in [0.717, 1.165) is 11.5 Å². The molecule has 1 aliphatic rings. The van der Waals surface area contributed by atoms with Gasteiger partial charge in [-0.15, -0.1) is 0 Å². The van der Waals surface area contributed by atoms with Crippen LogP contribution in [0.15, 0.2) is 23.1 Å². The Hall–Kier alpha value is -1.58. The molecule has 4 heteroatoms. The lowest BCUT2D eigenvalue weighted by molar-refractivity contribution is 0.877. The third kappa shape index (κ3) is 1.06. The number of aromatic nitrogens is 3. The standard InChI is InChI=1S/C9H9N3O/c13-7-3-4-12-8(5-7)10-9(11-12)6-1-2-6/h3-6H,1-2H2,(H,10,11). The van der Waals surface area contributed by atoms with Crippen molar-refractivity contribution in [2.45, 2.75) is 18.8 Å². The Labute approximate surface area is 74.2 Å². The van der Waals surface area contributed by atoms with Gasteiger partial charge in [-0.2, -0.15) is 0 Å². The average molecular weight is 175 g/mol. The summed E-state index contributed by atoms with van der Waals surface area (Å²) in [6.45, 7) is 0. The van der Waals surface area contributed by atoms with Crippen molar-refractivity contribution in [2.75, 3.05) is 0 Å². The molecule has 0 spiro atoms. The van der Waals surface area contributed by atoms with E-state index in [1.54, 1.807) is 16.8 Å². The topological polar surface area (TPSA) is 50.2 Å². The first-order valence-electron chi connectivity index (χ1n) is 4.41. The van der Waals surface area contributed by atoms with E-state index in [1.165, 1.54) is 18.9 Å². The molecule has 4 nitrogen and oxygen atoms in total. The molecule has 13 heavy (non-hydrogen) atoms. The highest BCUT2D eigenvalue weighted by Gasteiger charge is 2.26. The monoisotopic (exact) mass is 175 g/mol. The molecule has 0 saturated heterocycles. The minimum atomic E-state index is 0.00819. The summed E-state index contributed by atoms with van der Waals surface area (Å²) in [5.74, 6) is 1.60. The molecule has 0 aromatic carbocycles. The molecule has 0 bridgehead atoms. The number of aromatic amines is 1. The van der Waals surface area contributed by atoms with Gasteiger partial charge in [0, 0.05) is 24.2 Å². The van der Waals surface area contributed by atoms with Gasteiger partial charge in [0.15, 0.2) is 11.1 Å². The zero-order valence-corrected chi connectivity index (χ0v) is 7.03. The van der Waals surface area contributed by atoms with Gasteiger partial charge in [-0.25, -0.2) is 9.50 Å². The molecule has 0 aliphatic heterocycles. The van der Waals surface area contributed by atoms with E-state index in [0.29, 0.717) is 5.92 Å². The largest absolute Gasteiger partial charge is 0.290 e. The van der Waals surface area contributed by atoms with Crippen molar-refractivity contribution in [3.63, 3.8) is 0 Å². The maximum Gasteiger partial charge on any atom is 0.183 e. The van der Waals surface area contributed by atoms with Gasteiger partial charge >= 0.3 is 0 Å². The van der Waals surface area contributed by atoms with Crippen molar-refractivity contribution >= 4 is 5.65 Å². The molecule has 1 fully saturated rings. The minimum Gasteiger partial charge on any atom is -0.290 e. The van der Waals surface area contributed by atoms with Crippen LogP contribution in [0.3, 0.4) is 0 Å². The van der Waals surface area contributed by atoms with Gasteiger partial charge in [-0.05, 0) is 12.8 Å². The number of H-pyrrole nitrogens is 1. The predicted molar refractivity (Wildman–Crippen MR) is 47.8 cm³/mol. The molecule has 0 radical (unpaired) electrons. The summed E-state index contributed by atoms with van der Waals surface area (Å²) in [5.41, 5.74) is 0.725. The van der Waals surface area contributed by atoms with Crippen LogP contribution >= 0.6 is 0 Å². The van der Waals surface area contributed by atoms with E-state index in [-0.39, 0.29) is 5.43 Å². The third-order valence-electron chi connectivity index (χ3n) is 2.34. The fraction of sp³-hybridized carbons (Fsp3) is 0.333. The summed E-state index contributed by atoms with van der Waals surface area (Å²) in [6.07, 6.45) is 4.14. The number of nitrogens with one attached hydrogen (secondary N) is 1. The number of pyridine rings is 1. The van der Waals surface area contributed by atoms with Gasteiger partial charge in [0.2, 0.25) is 0 Å². The maximum atomic E-state index is 11.0. The predicted octanol–water partition coefficient (Wildman–Crippen LogP) is 0.900. The second-order valence-electron chi connectivity index (χ2n) is 3.47. The maximum absolute atomic E-state index is 11.0. The molecule has 66 valence electrons. The Morgan fingerprint density at radius 2 is 2.38 bits per heavy atom. The Morgan fingerprint density at radius 3 is 3.15 bits per heavy atom. The van der Waals surface area contributed by atoms with Gasteiger partial charge in [0.25, 0.3) is 0 Å². The van der Waals surface area contributed by atoms with Gasteiger partial charge in [0.05, 0.1) is 0 Å². The summed E-state index contributed by atoms with van der Waals surface area (Å²) in [7, 11) is 0. The van der Waals surface area contributed by atoms with Crippen LogP contribution in [0.2, 0.25) is 0 Å². The quantitative estimate of drug-likeness (QED) is 0.700. The molecule has 2 aromatic heterocycles. The fourth-order valence-corrected chi connectivity index (χ4v) is 1.46. The summed E-state index contributed by atoms with van der Waals surface area (Å²) < 4.78 is 1.79. The fourth-order valence-electron chi connectivity index (χ4n) is 1.46. The first-order chi connectivity index (χ1) is 6.33. The molecule has 2 heterocycles. The summed E-state index contributed by atoms with van der Waals surface area (Å²) >= 11 is 0. The van der Waals surface area contributed by atoms with Gasteiger partial charge in [0.1, 0.15) is 5.82 Å². The smallest absolute Gasteiger partial charge is 0.183 e. The summed E-state index contributed by atoms with van der Waals surface area (Å²) in [6, 6.07) is 3.07. The van der Waals surface area contributed by atoms with E-state index in [4.69, 9.17) is 0 Å². The Bertz CT molecular complexity index is 507. The van der Waals surface area contributed by atoms with Crippen LogP contribution in [-0.4, -0.2) is 14.6 Å². The Morgan fingerprint density at radius 1 is 1.54 bits per heavy atom. The minimum absolute atomic E-state index is 0.00819. The van der Waals surface area contributed by atoms with Crippen LogP contribution in [0.4, 0.5) is 0 Å². The lowest BCUT2D eigenvalue weighted by Gasteiger charge is -1.87. The number of fused-ring (bicyclic) bond motifs is 1. The Kier molecular flexibility index (Phi) is 1.17. The van der Waals surface area contributed by atoms with Crippen molar-refractivity contribution in [1.82, 2.24) is 14.6 Å². The molecule has 1 saturated carbocycles.